The number of anilines is 1. The first-order valence-corrected chi connectivity index (χ1v) is 18.1. The first-order valence-electron chi connectivity index (χ1n) is 13.7. The van der Waals surface area contributed by atoms with Crippen LogP contribution in [0.4, 0.5) is 5.69 Å². The second-order valence-corrected chi connectivity index (χ2v) is 18.1. The molecule has 1 N–H and O–H groups in total. The van der Waals surface area contributed by atoms with Gasteiger partial charge in [-0.3, -0.25) is 9.48 Å². The van der Waals surface area contributed by atoms with Gasteiger partial charge in [-0.15, -0.1) is 0 Å². The molecule has 1 aromatic carbocycles. The van der Waals surface area contributed by atoms with Gasteiger partial charge in [-0.05, 0) is 44.3 Å². The summed E-state index contributed by atoms with van der Waals surface area (Å²) in [5, 5.41) is 8.89. The third-order valence-electron chi connectivity index (χ3n) is 7.38. The van der Waals surface area contributed by atoms with Gasteiger partial charge in [-0.1, -0.05) is 48.9 Å². The first-order chi connectivity index (χ1) is 19.6. The molecule has 12 heteroatoms. The van der Waals surface area contributed by atoms with Gasteiger partial charge in [-0.2, -0.15) is 5.10 Å². The van der Waals surface area contributed by atoms with Crippen LogP contribution in [-0.4, -0.2) is 72.1 Å². The molecule has 1 amide bonds. The molecule has 0 spiro atoms. The molecule has 1 aliphatic rings. The second kappa shape index (κ2) is 12.1. The summed E-state index contributed by atoms with van der Waals surface area (Å²) in [4.78, 5) is 20.4. The molecule has 4 aromatic rings. The second-order valence-electron chi connectivity index (χ2n) is 11.7. The smallest absolute Gasteiger partial charge is 0.261 e. The Morgan fingerprint density at radius 1 is 1.20 bits per heavy atom. The molecule has 1 fully saturated rings. The third-order valence-corrected chi connectivity index (χ3v) is 9.71. The lowest BCUT2D eigenvalue weighted by Gasteiger charge is -2.17. The summed E-state index contributed by atoms with van der Waals surface area (Å²) < 4.78 is 16.1. The van der Waals surface area contributed by atoms with E-state index < -0.39 is 14.0 Å². The van der Waals surface area contributed by atoms with Gasteiger partial charge in [0.2, 0.25) is 0 Å². The van der Waals surface area contributed by atoms with Crippen LogP contribution in [0.3, 0.4) is 0 Å². The van der Waals surface area contributed by atoms with E-state index in [0.29, 0.717) is 51.9 Å². The van der Waals surface area contributed by atoms with Gasteiger partial charge < -0.3 is 24.3 Å². The topological polar surface area (TPSA) is 86.4 Å². The van der Waals surface area contributed by atoms with Crippen molar-refractivity contribution in [2.45, 2.75) is 44.9 Å². The highest BCUT2D eigenvalue weighted by Crippen LogP contribution is 2.37. The molecule has 9 nitrogen and oxygen atoms in total. The number of nitrogens with one attached hydrogen (secondary N) is 1. The SMILES string of the molecule is COc1c(C(=O)Nc2c(Cl)cccc2Cl)cnc2c1cc(-c1cnn(C3CCN(C)C3)c1)n2COCC[Si](C)(C)C. The monoisotopic (exact) mass is 614 g/mol. The van der Waals surface area contributed by atoms with Crippen molar-refractivity contribution in [3.8, 4) is 17.0 Å². The number of ether oxygens (including phenoxy) is 2. The summed E-state index contributed by atoms with van der Waals surface area (Å²) in [6.07, 6.45) is 6.53. The molecular formula is C29H36Cl2N6O3Si. The molecule has 1 saturated heterocycles. The number of hydrogen-bond acceptors (Lipinski definition) is 6. The number of carbonyl (C=O) groups is 1. The number of methoxy groups -OCH3 is 1. The Balaban J connectivity index is 1.53. The number of carbonyl (C=O) groups excluding carboxylic acids is 1. The fraction of sp³-hybridized carbons (Fsp3) is 0.414. The van der Waals surface area contributed by atoms with Gasteiger partial charge >= 0.3 is 0 Å². The number of nitrogens with zero attached hydrogens (tertiary/aromatic N) is 5. The lowest BCUT2D eigenvalue weighted by Crippen LogP contribution is -2.22. The highest BCUT2D eigenvalue weighted by atomic mass is 35.5. The van der Waals surface area contributed by atoms with Gasteiger partial charge in [0, 0.05) is 39.2 Å². The minimum atomic E-state index is -1.25. The minimum absolute atomic E-state index is 0.268. The zero-order chi connectivity index (χ0) is 29.3. The Labute approximate surface area is 251 Å². The largest absolute Gasteiger partial charge is 0.495 e. The van der Waals surface area contributed by atoms with E-state index in [-0.39, 0.29) is 5.56 Å². The van der Waals surface area contributed by atoms with Crippen molar-refractivity contribution in [2.75, 3.05) is 39.2 Å². The molecule has 4 heterocycles. The summed E-state index contributed by atoms with van der Waals surface area (Å²) in [6.45, 7) is 9.99. The normalized spacial score (nSPS) is 16.0. The van der Waals surface area contributed by atoms with E-state index in [0.717, 1.165) is 36.8 Å². The summed E-state index contributed by atoms with van der Waals surface area (Å²) in [5.41, 5.74) is 3.10. The molecule has 5 rings (SSSR count). The highest BCUT2D eigenvalue weighted by Gasteiger charge is 2.25. The standard InChI is InChI=1S/C29H36Cl2N6O3Si/c1-35-10-9-20(17-35)37-16-19(14-33-37)25-13-21-27(39-2)22(29(38)34-26-23(30)7-6-8-24(26)31)15-32-28(21)36(25)18-40-11-12-41(3,4)5/h6-8,13-16,20H,9-12,17-18H2,1-5H3,(H,34,38). The number of likely N-dealkylation sites (tertiary alicyclic amines) is 1. The lowest BCUT2D eigenvalue weighted by atomic mass is 10.1. The van der Waals surface area contributed by atoms with E-state index in [1.807, 2.05) is 21.5 Å². The van der Waals surface area contributed by atoms with Crippen LogP contribution < -0.4 is 10.1 Å². The number of fused-ring (bicyclic) bond motifs is 1. The molecule has 1 unspecified atom stereocenters. The van der Waals surface area contributed by atoms with Crippen LogP contribution in [0.2, 0.25) is 35.7 Å². The average molecular weight is 616 g/mol. The Kier molecular flexibility index (Phi) is 8.77. The van der Waals surface area contributed by atoms with Gasteiger partial charge in [-0.25, -0.2) is 4.98 Å². The van der Waals surface area contributed by atoms with Gasteiger partial charge in [0.15, 0.2) is 0 Å². The van der Waals surface area contributed by atoms with Gasteiger partial charge in [0.25, 0.3) is 5.91 Å². The van der Waals surface area contributed by atoms with E-state index in [9.17, 15) is 4.79 Å². The predicted octanol–water partition coefficient (Wildman–Crippen LogP) is 6.66. The molecule has 0 bridgehead atoms. The maximum atomic E-state index is 13.4. The molecule has 0 aliphatic carbocycles. The summed E-state index contributed by atoms with van der Waals surface area (Å²) in [7, 11) is 2.42. The number of halogens is 2. The van der Waals surface area contributed by atoms with E-state index in [1.165, 1.54) is 6.20 Å². The molecule has 3 aromatic heterocycles. The molecule has 41 heavy (non-hydrogen) atoms. The van der Waals surface area contributed by atoms with Crippen molar-refractivity contribution in [3.05, 3.63) is 58.5 Å². The summed E-state index contributed by atoms with van der Waals surface area (Å²) >= 11 is 12.6. The van der Waals surface area contributed by atoms with E-state index in [2.05, 4.69) is 43.1 Å². The van der Waals surface area contributed by atoms with Crippen molar-refractivity contribution in [3.63, 3.8) is 0 Å². The van der Waals surface area contributed by atoms with Crippen LogP contribution in [-0.2, 0) is 11.5 Å². The Hall–Kier alpha value is -2.89. The quantitative estimate of drug-likeness (QED) is 0.159. The maximum Gasteiger partial charge on any atom is 0.261 e. The number of aromatic nitrogens is 4. The van der Waals surface area contributed by atoms with Gasteiger partial charge in [0.1, 0.15) is 23.7 Å². The third kappa shape index (κ3) is 6.47. The van der Waals surface area contributed by atoms with Crippen molar-refractivity contribution < 1.29 is 14.3 Å². The van der Waals surface area contributed by atoms with E-state index >= 15 is 0 Å². The Bertz CT molecular complexity index is 1540. The summed E-state index contributed by atoms with van der Waals surface area (Å²) in [6, 6.07) is 8.43. The molecule has 1 aliphatic heterocycles. The molecule has 218 valence electrons. The number of hydrogen-bond donors (Lipinski definition) is 1. The van der Waals surface area contributed by atoms with E-state index in [4.69, 9.17) is 42.8 Å². The zero-order valence-electron chi connectivity index (χ0n) is 24.1. The maximum absolute atomic E-state index is 13.4. The van der Waals surface area contributed by atoms with Crippen LogP contribution in [0.5, 0.6) is 5.75 Å². The zero-order valence-corrected chi connectivity index (χ0v) is 26.6. The Morgan fingerprint density at radius 2 is 1.95 bits per heavy atom. The highest BCUT2D eigenvalue weighted by molar-refractivity contribution is 6.76. The van der Waals surface area contributed by atoms with Crippen molar-refractivity contribution in [2.24, 2.45) is 0 Å². The number of benzene rings is 1. The average Bonchev–Trinajstić information content (AvgIpc) is 3.66. The molecule has 0 radical (unpaired) electrons. The van der Waals surface area contributed by atoms with Crippen molar-refractivity contribution >= 4 is 53.9 Å². The number of rotatable bonds is 10. The molecule has 0 saturated carbocycles. The van der Waals surface area contributed by atoms with Crippen LogP contribution in [0.15, 0.2) is 42.9 Å². The fourth-order valence-electron chi connectivity index (χ4n) is 5.06. The lowest BCUT2D eigenvalue weighted by molar-refractivity contribution is 0.0909. The van der Waals surface area contributed by atoms with Crippen molar-refractivity contribution in [1.82, 2.24) is 24.2 Å². The Morgan fingerprint density at radius 3 is 2.61 bits per heavy atom. The minimum Gasteiger partial charge on any atom is -0.495 e. The fourth-order valence-corrected chi connectivity index (χ4v) is 6.30. The predicted molar refractivity (Wildman–Crippen MR) is 167 cm³/mol. The number of likely N-dealkylation sites (N-methyl/N-ethyl adjacent to an activating group) is 1. The number of para-hydroxylation sites is 1. The van der Waals surface area contributed by atoms with Crippen LogP contribution >= 0.6 is 23.2 Å². The molecule has 1 atom stereocenters. The number of pyridine rings is 1. The van der Waals surface area contributed by atoms with Crippen LogP contribution in [0, 0.1) is 0 Å². The number of amides is 1. The van der Waals surface area contributed by atoms with Crippen molar-refractivity contribution in [1.29, 1.82) is 0 Å². The van der Waals surface area contributed by atoms with Crippen LogP contribution in [0.25, 0.3) is 22.3 Å². The first kappa shape index (κ1) is 29.6. The van der Waals surface area contributed by atoms with Gasteiger partial charge in [0.05, 0.1) is 46.2 Å². The summed E-state index contributed by atoms with van der Waals surface area (Å²) in [5.74, 6) is -0.0207. The van der Waals surface area contributed by atoms with E-state index in [1.54, 1.807) is 25.3 Å². The molecular weight excluding hydrogens is 579 g/mol. The van der Waals surface area contributed by atoms with Crippen LogP contribution in [0.1, 0.15) is 22.8 Å².